The molecule has 3 saturated heterocycles. The number of piperidine rings is 3. The lowest BCUT2D eigenvalue weighted by Gasteiger charge is -2.35. The summed E-state index contributed by atoms with van der Waals surface area (Å²) in [5.74, 6) is -0.734. The highest BCUT2D eigenvalue weighted by molar-refractivity contribution is 5.89. The van der Waals surface area contributed by atoms with Crippen molar-refractivity contribution < 1.29 is 18.4 Å². The Hall–Kier alpha value is -3.24. The minimum atomic E-state index is -0.779. The van der Waals surface area contributed by atoms with Gasteiger partial charge in [0.2, 0.25) is 0 Å². The van der Waals surface area contributed by atoms with E-state index in [1.165, 1.54) is 11.6 Å². The number of amides is 4. The topological polar surface area (TPSA) is 80.0 Å². The highest BCUT2D eigenvalue weighted by atomic mass is 19.1. The Bertz CT molecular complexity index is 1130. The Morgan fingerprint density at radius 3 is 1.90 bits per heavy atom. The first kappa shape index (κ1) is 31.7. The first-order valence-electron chi connectivity index (χ1n) is 15.2. The average Bonchev–Trinajstić information content (AvgIpc) is 2.98. The van der Waals surface area contributed by atoms with Crippen molar-refractivity contribution in [1.82, 2.24) is 25.3 Å². The molecule has 3 N–H and O–H groups in total. The van der Waals surface area contributed by atoms with Gasteiger partial charge in [0.1, 0.15) is 11.6 Å². The Morgan fingerprint density at radius 2 is 1.33 bits per heavy atom. The predicted molar refractivity (Wildman–Crippen MR) is 163 cm³/mol. The zero-order valence-corrected chi connectivity index (χ0v) is 25.0. The molecule has 2 aromatic carbocycles. The summed E-state index contributed by atoms with van der Waals surface area (Å²) in [4.78, 5) is 30.7. The van der Waals surface area contributed by atoms with E-state index in [0.717, 1.165) is 96.3 Å². The van der Waals surface area contributed by atoms with Gasteiger partial charge >= 0.3 is 12.1 Å². The number of halogens is 2. The molecule has 0 aromatic heterocycles. The monoisotopic (exact) mass is 584 g/mol. The first-order chi connectivity index (χ1) is 20.2. The fraction of sp³-hybridized carbons (Fsp3) is 0.562. The van der Waals surface area contributed by atoms with Gasteiger partial charge in [0.15, 0.2) is 0 Å². The highest BCUT2D eigenvalue weighted by Crippen LogP contribution is 2.22. The molecular formula is C32H46F2N6O2. The Kier molecular flexibility index (Phi) is 12.0. The second-order valence-corrected chi connectivity index (χ2v) is 11.9. The van der Waals surface area contributed by atoms with Crippen molar-refractivity contribution in [3.05, 3.63) is 65.7 Å². The molecule has 3 heterocycles. The van der Waals surface area contributed by atoms with Crippen molar-refractivity contribution in [2.75, 3.05) is 58.7 Å². The molecule has 0 saturated carbocycles. The van der Waals surface area contributed by atoms with Crippen molar-refractivity contribution in [3.63, 3.8) is 0 Å². The third-order valence-corrected chi connectivity index (χ3v) is 8.55. The van der Waals surface area contributed by atoms with E-state index in [1.54, 1.807) is 0 Å². The molecule has 0 unspecified atom stereocenters. The van der Waals surface area contributed by atoms with Gasteiger partial charge in [-0.15, -0.1) is 0 Å². The molecule has 10 heteroatoms. The molecule has 8 nitrogen and oxygen atoms in total. The first-order valence-corrected chi connectivity index (χ1v) is 15.2. The Balaban J connectivity index is 0.000000197. The lowest BCUT2D eigenvalue weighted by molar-refractivity contribution is 0.159. The van der Waals surface area contributed by atoms with Gasteiger partial charge < -0.3 is 30.7 Å². The number of nitrogens with one attached hydrogen (secondary N) is 3. The maximum atomic E-state index is 13.4. The van der Waals surface area contributed by atoms with Crippen LogP contribution in [-0.2, 0) is 6.42 Å². The van der Waals surface area contributed by atoms with Gasteiger partial charge in [-0.3, -0.25) is 0 Å². The summed E-state index contributed by atoms with van der Waals surface area (Å²) < 4.78 is 26.1. The summed E-state index contributed by atoms with van der Waals surface area (Å²) in [5, 5.41) is 8.42. The molecule has 3 fully saturated rings. The van der Waals surface area contributed by atoms with Crippen LogP contribution in [0.4, 0.5) is 24.1 Å². The number of rotatable bonds is 5. The van der Waals surface area contributed by atoms with Crippen molar-refractivity contribution in [2.24, 2.45) is 5.92 Å². The zero-order valence-electron chi connectivity index (χ0n) is 25.0. The molecule has 230 valence electrons. The highest BCUT2D eigenvalue weighted by Gasteiger charge is 2.26. The molecule has 0 bridgehead atoms. The molecular weight excluding hydrogens is 538 g/mol. The van der Waals surface area contributed by atoms with Crippen molar-refractivity contribution in [3.8, 4) is 0 Å². The smallest absolute Gasteiger partial charge is 0.319 e. The summed E-state index contributed by atoms with van der Waals surface area (Å²) in [5.41, 5.74) is 1.40. The number of carbonyl (C=O) groups excluding carboxylic acids is 2. The lowest BCUT2D eigenvalue weighted by Crippen LogP contribution is -2.50. The fourth-order valence-corrected chi connectivity index (χ4v) is 5.79. The van der Waals surface area contributed by atoms with Crippen LogP contribution in [-0.4, -0.2) is 92.2 Å². The van der Waals surface area contributed by atoms with Crippen LogP contribution in [0.3, 0.4) is 0 Å². The van der Waals surface area contributed by atoms with Gasteiger partial charge in [-0.1, -0.05) is 30.3 Å². The van der Waals surface area contributed by atoms with E-state index >= 15 is 0 Å². The largest absolute Gasteiger partial charge is 0.335 e. The van der Waals surface area contributed by atoms with Crippen LogP contribution in [0.5, 0.6) is 0 Å². The average molecular weight is 585 g/mol. The van der Waals surface area contributed by atoms with E-state index in [9.17, 15) is 18.4 Å². The number of urea groups is 2. The molecule has 3 aliphatic heterocycles. The number of nitrogens with zero attached hydrogens (tertiary/aromatic N) is 3. The predicted octanol–water partition coefficient (Wildman–Crippen LogP) is 4.93. The van der Waals surface area contributed by atoms with Crippen molar-refractivity contribution in [1.29, 1.82) is 0 Å². The molecule has 2 aromatic rings. The number of anilines is 1. The van der Waals surface area contributed by atoms with Crippen molar-refractivity contribution >= 4 is 17.7 Å². The molecule has 4 amide bonds. The summed E-state index contributed by atoms with van der Waals surface area (Å²) in [6, 6.07) is 13.9. The molecule has 5 rings (SSSR count). The van der Waals surface area contributed by atoms with E-state index in [2.05, 4.69) is 63.1 Å². The van der Waals surface area contributed by atoms with Gasteiger partial charge in [0.05, 0.1) is 5.69 Å². The van der Waals surface area contributed by atoms with Gasteiger partial charge in [0, 0.05) is 31.2 Å². The van der Waals surface area contributed by atoms with E-state index in [4.69, 9.17) is 0 Å². The number of carbonyl (C=O) groups is 2. The number of likely N-dealkylation sites (tertiary alicyclic amines) is 3. The molecule has 0 spiro atoms. The maximum absolute atomic E-state index is 13.4. The third-order valence-electron chi connectivity index (χ3n) is 8.55. The standard InChI is InChI=1S/C19H29N3O.C13H17F2N3O/c1-21-11-9-18(10-12-21)20-19(23)22-13-7-17(8-14-22)15-16-5-3-2-4-6-16;1-18-6-4-10(5-7-18)16-13(19)17-12-3-2-9(14)8-11(12)15/h2-6,17-18H,7-15H2,1H3,(H,20,23);2-3,8,10H,4-7H2,1H3,(H2,16,17,19). The number of hydrogen-bond donors (Lipinski definition) is 3. The van der Waals surface area contributed by atoms with Crippen LogP contribution in [0.1, 0.15) is 44.1 Å². The Labute approximate surface area is 248 Å². The fourth-order valence-electron chi connectivity index (χ4n) is 5.79. The molecule has 0 atom stereocenters. The number of hydrogen-bond acceptors (Lipinski definition) is 4. The van der Waals surface area contributed by atoms with Crippen LogP contribution in [0.25, 0.3) is 0 Å². The van der Waals surface area contributed by atoms with Gasteiger partial charge in [-0.2, -0.15) is 0 Å². The van der Waals surface area contributed by atoms with Gasteiger partial charge in [-0.25, -0.2) is 18.4 Å². The van der Waals surface area contributed by atoms with Crippen LogP contribution in [0.2, 0.25) is 0 Å². The van der Waals surface area contributed by atoms with Crippen LogP contribution in [0, 0.1) is 17.6 Å². The summed E-state index contributed by atoms with van der Waals surface area (Å²) in [7, 11) is 4.18. The van der Waals surface area contributed by atoms with E-state index in [0.29, 0.717) is 12.0 Å². The summed E-state index contributed by atoms with van der Waals surface area (Å²) in [6.45, 7) is 5.83. The van der Waals surface area contributed by atoms with E-state index < -0.39 is 17.7 Å². The molecule has 0 aliphatic carbocycles. The molecule has 0 radical (unpaired) electrons. The number of benzene rings is 2. The molecule has 42 heavy (non-hydrogen) atoms. The second kappa shape index (κ2) is 15.8. The molecule has 3 aliphatic rings. The van der Waals surface area contributed by atoms with Crippen LogP contribution < -0.4 is 16.0 Å². The van der Waals surface area contributed by atoms with Gasteiger partial charge in [0.25, 0.3) is 0 Å². The quantitative estimate of drug-likeness (QED) is 0.466. The third kappa shape index (κ3) is 10.2. The minimum absolute atomic E-state index is 0.0215. The van der Waals surface area contributed by atoms with Crippen LogP contribution >= 0.6 is 0 Å². The zero-order chi connectivity index (χ0) is 29.9. The lowest BCUT2D eigenvalue weighted by atomic mass is 9.90. The Morgan fingerprint density at radius 1 is 0.762 bits per heavy atom. The van der Waals surface area contributed by atoms with E-state index in [1.807, 2.05) is 11.9 Å². The van der Waals surface area contributed by atoms with Crippen molar-refractivity contribution in [2.45, 2.75) is 57.0 Å². The summed E-state index contributed by atoms with van der Waals surface area (Å²) >= 11 is 0. The van der Waals surface area contributed by atoms with Gasteiger partial charge in [-0.05, 0) is 109 Å². The van der Waals surface area contributed by atoms with Crippen LogP contribution in [0.15, 0.2) is 48.5 Å². The minimum Gasteiger partial charge on any atom is -0.335 e. The maximum Gasteiger partial charge on any atom is 0.319 e. The normalized spacial score (nSPS) is 19.5. The SMILES string of the molecule is CN1CCC(NC(=O)N2CCC(Cc3ccccc3)CC2)CC1.CN1CCC(NC(=O)Nc2ccc(F)cc2F)CC1. The second-order valence-electron chi connectivity index (χ2n) is 11.9. The summed E-state index contributed by atoms with van der Waals surface area (Å²) in [6.07, 6.45) is 7.28. The van der Waals surface area contributed by atoms with E-state index in [-0.39, 0.29) is 17.8 Å².